The Morgan fingerprint density at radius 1 is 1.35 bits per heavy atom. The van der Waals surface area contributed by atoms with Crippen LogP contribution in [0.1, 0.15) is 6.92 Å². The molecule has 114 valence electrons. The first-order valence-corrected chi connectivity index (χ1v) is 7.00. The van der Waals surface area contributed by atoms with Crippen molar-refractivity contribution in [3.63, 3.8) is 0 Å². The van der Waals surface area contributed by atoms with Crippen molar-refractivity contribution in [2.75, 3.05) is 6.61 Å². The summed E-state index contributed by atoms with van der Waals surface area (Å²) >= 11 is 0. The molecule has 2 bridgehead atoms. The highest BCUT2D eigenvalue weighted by Gasteiger charge is 2.90. The largest absolute Gasteiger partial charge is 0.484 e. The van der Waals surface area contributed by atoms with Crippen molar-refractivity contribution >= 4 is 13.7 Å². The van der Waals surface area contributed by atoms with E-state index in [1.165, 1.54) is 0 Å². The van der Waals surface area contributed by atoms with Crippen molar-refractivity contribution in [2.45, 2.75) is 36.6 Å². The number of carbonyl (C=O) groups excluding carboxylic acids is 1. The molecule has 20 heavy (non-hydrogen) atoms. The fourth-order valence-corrected chi connectivity index (χ4v) is 4.28. The molecule has 0 saturated carbocycles. The average Bonchev–Trinajstić information content (AvgIpc) is 2.66. The molecule has 0 aromatic carbocycles. The van der Waals surface area contributed by atoms with Gasteiger partial charge in [-0.15, -0.1) is 0 Å². The number of fused-ring (bicyclic) bond motifs is 1. The third-order valence-electron chi connectivity index (χ3n) is 3.28. The summed E-state index contributed by atoms with van der Waals surface area (Å²) in [5, 5.41) is 41.6. The van der Waals surface area contributed by atoms with Gasteiger partial charge in [-0.1, -0.05) is 0 Å². The molecule has 6 atom stereocenters. The molecule has 0 spiro atoms. The Bertz CT molecular complexity index is 527. The molecule has 0 radical (unpaired) electrons. The van der Waals surface area contributed by atoms with Gasteiger partial charge in [-0.05, 0) is 0 Å². The second-order valence-electron chi connectivity index (χ2n) is 4.65. The van der Waals surface area contributed by atoms with E-state index in [1.807, 2.05) is 5.32 Å². The maximum Gasteiger partial charge on any atom is 0.484 e. The number of hydrogen-bond donors (Lipinski definition) is 5. The lowest BCUT2D eigenvalue weighted by atomic mass is 9.87. The third kappa shape index (κ3) is 1.42. The molecule has 3 rings (SSSR count). The first-order chi connectivity index (χ1) is 9.11. The number of amides is 1. The van der Waals surface area contributed by atoms with E-state index in [9.17, 15) is 24.7 Å². The number of rotatable bonds is 2. The van der Waals surface area contributed by atoms with Crippen LogP contribution in [0.2, 0.25) is 0 Å². The molecular formula is C8H12NO10P. The quantitative estimate of drug-likeness (QED) is 0.334. The Kier molecular flexibility index (Phi) is 2.70. The van der Waals surface area contributed by atoms with Gasteiger partial charge in [-0.3, -0.25) is 4.79 Å². The first kappa shape index (κ1) is 14.3. The van der Waals surface area contributed by atoms with Crippen molar-refractivity contribution in [3.05, 3.63) is 0 Å². The van der Waals surface area contributed by atoms with Crippen LogP contribution in [-0.4, -0.2) is 62.6 Å². The molecule has 3 heterocycles. The molecule has 0 aromatic rings. The Balaban J connectivity index is 2.16. The van der Waals surface area contributed by atoms with Gasteiger partial charge in [0.2, 0.25) is 5.91 Å². The highest BCUT2D eigenvalue weighted by Crippen LogP contribution is 2.76. The van der Waals surface area contributed by atoms with Crippen molar-refractivity contribution in [1.29, 1.82) is 0 Å². The van der Waals surface area contributed by atoms with Crippen LogP contribution in [0.3, 0.4) is 0 Å². The Morgan fingerprint density at radius 2 is 2.00 bits per heavy atom. The van der Waals surface area contributed by atoms with Crippen molar-refractivity contribution in [3.8, 4) is 0 Å². The molecule has 3 saturated heterocycles. The zero-order valence-electron chi connectivity index (χ0n) is 10.0. The summed E-state index contributed by atoms with van der Waals surface area (Å²) in [7, 11) is -4.46. The molecule has 0 aromatic heterocycles. The number of aliphatic hydroxyl groups is 4. The summed E-state index contributed by atoms with van der Waals surface area (Å²) in [5.41, 5.74) is -2.65. The van der Waals surface area contributed by atoms with Crippen molar-refractivity contribution in [2.24, 2.45) is 0 Å². The molecule has 12 heteroatoms. The summed E-state index contributed by atoms with van der Waals surface area (Å²) in [6, 6.07) is 0. The van der Waals surface area contributed by atoms with Gasteiger partial charge in [0.05, 0.1) is 6.61 Å². The molecule has 3 aliphatic rings. The maximum absolute atomic E-state index is 12.0. The van der Waals surface area contributed by atoms with Crippen LogP contribution < -0.4 is 5.32 Å². The van der Waals surface area contributed by atoms with Crippen LogP contribution in [0.5, 0.6) is 0 Å². The number of phosphoric ester groups is 1. The molecular weight excluding hydrogens is 301 g/mol. The lowest BCUT2D eigenvalue weighted by Crippen LogP contribution is -2.83. The highest BCUT2D eigenvalue weighted by molar-refractivity contribution is 7.49. The van der Waals surface area contributed by atoms with E-state index >= 15 is 0 Å². The smallest absolute Gasteiger partial charge is 0.394 e. The van der Waals surface area contributed by atoms with Crippen LogP contribution in [0.25, 0.3) is 0 Å². The minimum atomic E-state index is -4.46. The zero-order valence-corrected chi connectivity index (χ0v) is 10.9. The third-order valence-corrected chi connectivity index (χ3v) is 4.75. The van der Waals surface area contributed by atoms with Crippen LogP contribution in [0, 0.1) is 0 Å². The van der Waals surface area contributed by atoms with E-state index in [0.717, 1.165) is 6.92 Å². The van der Waals surface area contributed by atoms with Crippen LogP contribution in [0.15, 0.2) is 0 Å². The molecule has 1 amide bonds. The fraction of sp³-hybridized carbons (Fsp3) is 0.875. The number of ether oxygens (including phenoxy) is 1. The van der Waals surface area contributed by atoms with Crippen LogP contribution >= 0.6 is 7.82 Å². The van der Waals surface area contributed by atoms with Gasteiger partial charge >= 0.3 is 13.8 Å². The molecule has 3 fully saturated rings. The van der Waals surface area contributed by atoms with Gasteiger partial charge in [-0.25, -0.2) is 18.1 Å². The summed E-state index contributed by atoms with van der Waals surface area (Å²) in [6.45, 7) is 0.191. The van der Waals surface area contributed by atoms with E-state index < -0.39 is 50.0 Å². The Morgan fingerprint density at radius 3 is 2.55 bits per heavy atom. The number of aliphatic hydroxyl groups excluding tert-OH is 2. The van der Waals surface area contributed by atoms with Gasteiger partial charge in [-0.2, -0.15) is 0 Å². The second-order valence-corrected chi connectivity index (χ2v) is 6.09. The molecule has 11 nitrogen and oxygen atoms in total. The predicted molar refractivity (Wildman–Crippen MR) is 55.3 cm³/mol. The second kappa shape index (κ2) is 3.77. The number of nitrogens with one attached hydrogen (secondary N) is 1. The van der Waals surface area contributed by atoms with Crippen LogP contribution in [0.4, 0.5) is 0 Å². The average molecular weight is 313 g/mol. The minimum absolute atomic E-state index is 0.817. The first-order valence-electron chi connectivity index (χ1n) is 5.54. The van der Waals surface area contributed by atoms with E-state index in [2.05, 4.69) is 9.05 Å². The Labute approximate surface area is 111 Å². The fourth-order valence-electron chi connectivity index (χ4n) is 2.49. The maximum atomic E-state index is 12.0. The van der Waals surface area contributed by atoms with Gasteiger partial charge in [0.1, 0.15) is 12.2 Å². The van der Waals surface area contributed by atoms with Gasteiger partial charge in [0.15, 0.2) is 0 Å². The highest BCUT2D eigenvalue weighted by atomic mass is 31.2. The van der Waals surface area contributed by atoms with Crippen molar-refractivity contribution in [1.82, 2.24) is 5.32 Å². The van der Waals surface area contributed by atoms with Gasteiger partial charge in [0.25, 0.3) is 11.5 Å². The standard InChI is InChI=1S/C8H12NO10P/c1-3(11)9-7-6(13)5(12)4(2-10)16-8(7,14)19-20(15,17-6)18-7/h4-5,10,12-14H,2H2,1H3,(H,9,11)/t4-,5+,6-,7-,8?,20?/m1/s1. The normalized spacial score (nSPS) is 56.9. The zero-order chi connectivity index (χ0) is 15.0. The lowest BCUT2D eigenvalue weighted by Gasteiger charge is -2.53. The number of phosphoric acid groups is 1. The molecule has 2 unspecified atom stereocenters. The monoisotopic (exact) mass is 313 g/mol. The minimum Gasteiger partial charge on any atom is -0.394 e. The van der Waals surface area contributed by atoms with Crippen LogP contribution in [-0.2, 0) is 27.7 Å². The number of carbonyl (C=O) groups is 1. The van der Waals surface area contributed by atoms with Gasteiger partial charge < -0.3 is 30.5 Å². The molecule has 0 aliphatic carbocycles. The van der Waals surface area contributed by atoms with E-state index in [0.29, 0.717) is 0 Å². The van der Waals surface area contributed by atoms with E-state index in [1.54, 1.807) is 0 Å². The SMILES string of the molecule is CC(=O)N[C@]12OP3(=O)OC1(O)O[C@H](CO)[C@H](O)[C@@]2(O)O3. The summed E-state index contributed by atoms with van der Waals surface area (Å²) in [6.07, 6.45) is -3.50. The molecule has 5 N–H and O–H groups in total. The van der Waals surface area contributed by atoms with Crippen molar-refractivity contribution < 1.29 is 48.1 Å². The van der Waals surface area contributed by atoms with E-state index in [-0.39, 0.29) is 0 Å². The van der Waals surface area contributed by atoms with Gasteiger partial charge in [0, 0.05) is 6.92 Å². The summed E-state index contributed by atoms with van der Waals surface area (Å²) in [5.74, 6) is -6.54. The summed E-state index contributed by atoms with van der Waals surface area (Å²) in [4.78, 5) is 11.3. The topological polar surface area (TPSA) is 164 Å². The summed E-state index contributed by atoms with van der Waals surface area (Å²) < 4.78 is 30.9. The predicted octanol–water partition coefficient (Wildman–Crippen LogP) is -2.91. The lowest BCUT2D eigenvalue weighted by molar-refractivity contribution is -0.487. The Hall–Kier alpha value is -0.620. The molecule has 3 aliphatic heterocycles. The van der Waals surface area contributed by atoms with E-state index in [4.69, 9.17) is 14.4 Å². The number of hydrogen-bond acceptors (Lipinski definition) is 10.